The number of phenolic OH excluding ortho intramolecular Hbond substituents is 1. The Hall–Kier alpha value is -2.70. The molecular formula is C25H34N4O2. The number of aromatic hydroxyl groups is 1. The van der Waals surface area contributed by atoms with E-state index in [2.05, 4.69) is 28.4 Å². The predicted molar refractivity (Wildman–Crippen MR) is 125 cm³/mol. The van der Waals surface area contributed by atoms with Crippen LogP contribution in [-0.4, -0.2) is 47.2 Å². The highest BCUT2D eigenvalue weighted by molar-refractivity contribution is 5.80. The second-order valence-electron chi connectivity index (χ2n) is 7.89. The molecule has 6 nitrogen and oxygen atoms in total. The highest BCUT2D eigenvalue weighted by atomic mass is 16.5. The van der Waals surface area contributed by atoms with Crippen molar-refractivity contribution in [3.8, 4) is 11.5 Å². The Kier molecular flexibility index (Phi) is 8.62. The predicted octanol–water partition coefficient (Wildman–Crippen LogP) is 4.30. The van der Waals surface area contributed by atoms with Crippen molar-refractivity contribution in [2.75, 3.05) is 27.2 Å². The first kappa shape index (κ1) is 23.0. The summed E-state index contributed by atoms with van der Waals surface area (Å²) >= 11 is 0. The summed E-state index contributed by atoms with van der Waals surface area (Å²) < 4.78 is 5.66. The lowest BCUT2D eigenvalue weighted by molar-refractivity contribution is 0.284. The minimum atomic E-state index is 0.176. The van der Waals surface area contributed by atoms with Crippen LogP contribution in [0.5, 0.6) is 11.5 Å². The molecule has 0 aliphatic rings. The maximum atomic E-state index is 10.1. The lowest BCUT2D eigenvalue weighted by atomic mass is 10.1. The monoisotopic (exact) mass is 422 g/mol. The van der Waals surface area contributed by atoms with E-state index in [1.807, 2.05) is 39.2 Å². The number of unbranched alkanes of at least 4 members (excludes halogenated alkanes) is 2. The second-order valence-corrected chi connectivity index (χ2v) is 7.89. The van der Waals surface area contributed by atoms with Crippen molar-refractivity contribution in [2.24, 2.45) is 0 Å². The third-order valence-electron chi connectivity index (χ3n) is 5.28. The van der Waals surface area contributed by atoms with Crippen LogP contribution in [-0.2, 0) is 19.5 Å². The smallest absolute Gasteiger partial charge is 0.165 e. The van der Waals surface area contributed by atoms with Gasteiger partial charge in [-0.05, 0) is 59.0 Å². The van der Waals surface area contributed by atoms with Crippen LogP contribution in [0.2, 0.25) is 0 Å². The van der Waals surface area contributed by atoms with Gasteiger partial charge in [-0.25, -0.2) is 9.97 Å². The Morgan fingerprint density at radius 2 is 1.84 bits per heavy atom. The Morgan fingerprint density at radius 3 is 2.65 bits per heavy atom. The molecule has 0 saturated heterocycles. The van der Waals surface area contributed by atoms with Crippen molar-refractivity contribution in [3.05, 3.63) is 59.5 Å². The third kappa shape index (κ3) is 6.39. The number of nitrogens with zero attached hydrogens (tertiary/aromatic N) is 3. The standard InChI is InChI=1S/C25H34N4O2/c1-4-31-25-19(11-10-15-23(25)30)17-29(3)18-24-27-21(13-6-5-9-16-26-2)20-12-7-8-14-22(20)28-24/h7-8,10-12,14-15,26,30H,4-6,9,13,16-18H2,1-3H3. The van der Waals surface area contributed by atoms with Gasteiger partial charge in [0.15, 0.2) is 11.5 Å². The summed E-state index contributed by atoms with van der Waals surface area (Å²) in [5.41, 5.74) is 3.08. The Balaban J connectivity index is 1.74. The summed E-state index contributed by atoms with van der Waals surface area (Å²) in [4.78, 5) is 11.9. The first-order chi connectivity index (χ1) is 15.1. The first-order valence-corrected chi connectivity index (χ1v) is 11.1. The number of nitrogens with one attached hydrogen (secondary N) is 1. The van der Waals surface area contributed by atoms with Gasteiger partial charge in [-0.1, -0.05) is 36.8 Å². The van der Waals surface area contributed by atoms with Gasteiger partial charge in [-0.3, -0.25) is 4.90 Å². The first-order valence-electron chi connectivity index (χ1n) is 11.1. The van der Waals surface area contributed by atoms with Gasteiger partial charge in [0, 0.05) is 17.5 Å². The molecule has 0 aliphatic carbocycles. The molecule has 0 radical (unpaired) electrons. The van der Waals surface area contributed by atoms with Crippen molar-refractivity contribution < 1.29 is 9.84 Å². The van der Waals surface area contributed by atoms with Gasteiger partial charge in [0.2, 0.25) is 0 Å². The largest absolute Gasteiger partial charge is 0.504 e. The molecule has 0 amide bonds. The average Bonchev–Trinajstić information content (AvgIpc) is 2.76. The van der Waals surface area contributed by atoms with Gasteiger partial charge < -0.3 is 15.2 Å². The van der Waals surface area contributed by atoms with E-state index >= 15 is 0 Å². The molecular weight excluding hydrogens is 388 g/mol. The number of benzene rings is 2. The molecule has 2 aromatic carbocycles. The third-order valence-corrected chi connectivity index (χ3v) is 5.28. The van der Waals surface area contributed by atoms with Gasteiger partial charge in [0.25, 0.3) is 0 Å². The molecule has 3 rings (SSSR count). The molecule has 3 aromatic rings. The van der Waals surface area contributed by atoms with E-state index in [4.69, 9.17) is 14.7 Å². The van der Waals surface area contributed by atoms with Gasteiger partial charge in [-0.15, -0.1) is 0 Å². The van der Waals surface area contributed by atoms with Gasteiger partial charge in [-0.2, -0.15) is 0 Å². The van der Waals surface area contributed by atoms with Crippen LogP contribution in [0.25, 0.3) is 10.9 Å². The zero-order valence-electron chi connectivity index (χ0n) is 18.9. The van der Waals surface area contributed by atoms with Crippen LogP contribution < -0.4 is 10.1 Å². The number of fused-ring (bicyclic) bond motifs is 1. The van der Waals surface area contributed by atoms with Crippen LogP contribution in [0.4, 0.5) is 0 Å². The van der Waals surface area contributed by atoms with Gasteiger partial charge in [0.1, 0.15) is 5.82 Å². The topological polar surface area (TPSA) is 70.5 Å². The minimum Gasteiger partial charge on any atom is -0.504 e. The zero-order chi connectivity index (χ0) is 22.1. The maximum absolute atomic E-state index is 10.1. The van der Waals surface area contributed by atoms with Crippen LogP contribution in [0.15, 0.2) is 42.5 Å². The highest BCUT2D eigenvalue weighted by Gasteiger charge is 2.13. The SMILES string of the molecule is CCOc1c(O)cccc1CN(C)Cc1nc(CCCCCNC)c2ccccc2n1. The number of phenols is 1. The minimum absolute atomic E-state index is 0.176. The molecule has 0 atom stereocenters. The Labute approximate surface area is 185 Å². The maximum Gasteiger partial charge on any atom is 0.165 e. The molecule has 0 saturated carbocycles. The summed E-state index contributed by atoms with van der Waals surface area (Å²) in [6.45, 7) is 4.75. The highest BCUT2D eigenvalue weighted by Crippen LogP contribution is 2.31. The van der Waals surface area contributed by atoms with E-state index in [9.17, 15) is 5.11 Å². The van der Waals surface area contributed by atoms with Crippen LogP contribution in [0.1, 0.15) is 43.3 Å². The van der Waals surface area contributed by atoms with Crippen LogP contribution in [0, 0.1) is 0 Å². The molecule has 1 aromatic heterocycles. The summed E-state index contributed by atoms with van der Waals surface area (Å²) in [7, 11) is 4.03. The van der Waals surface area contributed by atoms with Crippen molar-refractivity contribution in [2.45, 2.75) is 45.7 Å². The van der Waals surface area contributed by atoms with E-state index in [1.165, 1.54) is 12.8 Å². The molecule has 0 aliphatic heterocycles. The molecule has 2 N–H and O–H groups in total. The Morgan fingerprint density at radius 1 is 1.00 bits per heavy atom. The molecule has 0 bridgehead atoms. The molecule has 0 spiro atoms. The Bertz CT molecular complexity index is 977. The lowest BCUT2D eigenvalue weighted by Crippen LogP contribution is -2.20. The van der Waals surface area contributed by atoms with Crippen molar-refractivity contribution in [1.29, 1.82) is 0 Å². The number of aryl methyl sites for hydroxylation is 1. The van der Waals surface area contributed by atoms with Crippen LogP contribution in [0.3, 0.4) is 0 Å². The van der Waals surface area contributed by atoms with Crippen molar-refractivity contribution in [1.82, 2.24) is 20.2 Å². The van der Waals surface area contributed by atoms with Crippen LogP contribution >= 0.6 is 0 Å². The molecule has 6 heteroatoms. The number of rotatable bonds is 12. The summed E-state index contributed by atoms with van der Waals surface area (Å²) in [5, 5.41) is 14.5. The van der Waals surface area contributed by atoms with E-state index in [-0.39, 0.29) is 5.75 Å². The molecule has 0 fully saturated rings. The number of para-hydroxylation sites is 2. The second kappa shape index (κ2) is 11.6. The fraction of sp³-hybridized carbons (Fsp3) is 0.440. The zero-order valence-corrected chi connectivity index (χ0v) is 18.9. The van der Waals surface area contributed by atoms with Gasteiger partial charge in [0.05, 0.1) is 24.4 Å². The fourth-order valence-corrected chi connectivity index (χ4v) is 3.82. The van der Waals surface area contributed by atoms with E-state index in [0.717, 1.165) is 47.4 Å². The van der Waals surface area contributed by atoms with E-state index < -0.39 is 0 Å². The van der Waals surface area contributed by atoms with E-state index in [0.29, 0.717) is 25.4 Å². The van der Waals surface area contributed by atoms with Gasteiger partial charge >= 0.3 is 0 Å². The number of hydrogen-bond acceptors (Lipinski definition) is 6. The average molecular weight is 423 g/mol. The summed E-state index contributed by atoms with van der Waals surface area (Å²) in [5.74, 6) is 1.55. The quantitative estimate of drug-likeness (QED) is 0.424. The van der Waals surface area contributed by atoms with Crippen molar-refractivity contribution >= 4 is 10.9 Å². The fourth-order valence-electron chi connectivity index (χ4n) is 3.82. The molecule has 166 valence electrons. The molecule has 1 heterocycles. The molecule has 0 unspecified atom stereocenters. The van der Waals surface area contributed by atoms with Crippen molar-refractivity contribution in [3.63, 3.8) is 0 Å². The normalized spacial score (nSPS) is 11.4. The molecule has 31 heavy (non-hydrogen) atoms. The lowest BCUT2D eigenvalue weighted by Gasteiger charge is -2.19. The van der Waals surface area contributed by atoms with E-state index in [1.54, 1.807) is 6.07 Å². The number of hydrogen-bond donors (Lipinski definition) is 2. The summed E-state index contributed by atoms with van der Waals surface area (Å²) in [6.07, 6.45) is 4.46. The summed E-state index contributed by atoms with van der Waals surface area (Å²) in [6, 6.07) is 13.8. The number of ether oxygens (including phenoxy) is 1. The number of aromatic nitrogens is 2.